The lowest BCUT2D eigenvalue weighted by Crippen LogP contribution is -2.10. The van der Waals surface area contributed by atoms with Gasteiger partial charge in [0.15, 0.2) is 0 Å². The third-order valence-electron chi connectivity index (χ3n) is 2.76. The number of hydrogen-bond donors (Lipinski definition) is 0. The molecule has 1 aliphatic rings. The van der Waals surface area contributed by atoms with E-state index in [9.17, 15) is 4.79 Å². The minimum Gasteiger partial charge on any atom is -0.466 e. The average molecular weight is 326 g/mol. The molecule has 0 saturated heterocycles. The molecule has 0 spiro atoms. The van der Waals surface area contributed by atoms with Crippen molar-refractivity contribution in [1.29, 1.82) is 0 Å². The highest BCUT2D eigenvalue weighted by Crippen LogP contribution is 2.60. The molecule has 1 saturated carbocycles. The van der Waals surface area contributed by atoms with Crippen LogP contribution in [0.1, 0.15) is 20.8 Å². The lowest BCUT2D eigenvalue weighted by Gasteiger charge is -2.01. The van der Waals surface area contributed by atoms with Crippen LogP contribution >= 0.6 is 31.9 Å². The van der Waals surface area contributed by atoms with Gasteiger partial charge in [-0.15, -0.1) is 0 Å². The van der Waals surface area contributed by atoms with Gasteiger partial charge in [0.05, 0.1) is 15.9 Å². The minimum atomic E-state index is -0.0833. The molecule has 0 radical (unpaired) electrons. The Bertz CT molecular complexity index is 267. The zero-order valence-electron chi connectivity index (χ0n) is 8.51. The van der Waals surface area contributed by atoms with Gasteiger partial charge in [0.1, 0.15) is 0 Å². The van der Waals surface area contributed by atoms with Gasteiger partial charge >= 0.3 is 5.97 Å². The van der Waals surface area contributed by atoms with E-state index in [1.807, 2.05) is 13.0 Å². The number of ether oxygens (including phenoxy) is 1. The van der Waals surface area contributed by atoms with Gasteiger partial charge < -0.3 is 4.74 Å². The molecule has 0 heterocycles. The molecule has 0 N–H and O–H groups in total. The Morgan fingerprint density at radius 2 is 2.07 bits per heavy atom. The molecule has 0 aromatic heterocycles. The van der Waals surface area contributed by atoms with Crippen LogP contribution in [0.4, 0.5) is 0 Å². The molecule has 0 bridgehead atoms. The standard InChI is InChI=1S/C10H14Br2O2/c1-4-14-9(13)8-6(5-7(11)12)10(8,2)3/h5-6,8H,4H2,1-3H3/t6-,8+/m0/s1. The van der Waals surface area contributed by atoms with Crippen LogP contribution in [0.25, 0.3) is 0 Å². The van der Waals surface area contributed by atoms with Gasteiger partial charge in [-0.3, -0.25) is 4.79 Å². The summed E-state index contributed by atoms with van der Waals surface area (Å²) in [6, 6.07) is 0. The molecule has 14 heavy (non-hydrogen) atoms. The zero-order valence-corrected chi connectivity index (χ0v) is 11.7. The molecule has 4 heteroatoms. The first-order valence-corrected chi connectivity index (χ1v) is 6.19. The summed E-state index contributed by atoms with van der Waals surface area (Å²) in [7, 11) is 0. The van der Waals surface area contributed by atoms with E-state index < -0.39 is 0 Å². The van der Waals surface area contributed by atoms with Gasteiger partial charge in [-0.25, -0.2) is 0 Å². The first-order valence-electron chi connectivity index (χ1n) is 4.60. The summed E-state index contributed by atoms with van der Waals surface area (Å²) in [5.41, 5.74) is 0.0268. The smallest absolute Gasteiger partial charge is 0.310 e. The second-order valence-corrected chi connectivity index (χ2v) is 6.81. The molecule has 0 unspecified atom stereocenters. The van der Waals surface area contributed by atoms with Crippen molar-refractivity contribution in [2.45, 2.75) is 20.8 Å². The van der Waals surface area contributed by atoms with Crippen molar-refractivity contribution in [3.05, 3.63) is 9.47 Å². The highest BCUT2D eigenvalue weighted by Gasteiger charge is 2.61. The van der Waals surface area contributed by atoms with E-state index in [4.69, 9.17) is 4.74 Å². The van der Waals surface area contributed by atoms with Crippen molar-refractivity contribution < 1.29 is 9.53 Å². The highest BCUT2D eigenvalue weighted by atomic mass is 79.9. The average Bonchev–Trinajstić information content (AvgIpc) is 2.52. The molecule has 80 valence electrons. The summed E-state index contributed by atoms with van der Waals surface area (Å²) in [5.74, 6) is 0.197. The maximum atomic E-state index is 11.5. The Labute approximate surface area is 101 Å². The quantitative estimate of drug-likeness (QED) is 0.743. The van der Waals surface area contributed by atoms with Crippen LogP contribution in [0.15, 0.2) is 9.47 Å². The molecular weight excluding hydrogens is 312 g/mol. The van der Waals surface area contributed by atoms with E-state index in [0.717, 1.165) is 3.39 Å². The fourth-order valence-electron chi connectivity index (χ4n) is 1.81. The van der Waals surface area contributed by atoms with Gasteiger partial charge in [0.2, 0.25) is 0 Å². The predicted octanol–water partition coefficient (Wildman–Crippen LogP) is 3.45. The second-order valence-electron chi connectivity index (χ2n) is 4.03. The van der Waals surface area contributed by atoms with Crippen LogP contribution in [0.3, 0.4) is 0 Å². The van der Waals surface area contributed by atoms with Crippen LogP contribution in [-0.2, 0) is 9.53 Å². The van der Waals surface area contributed by atoms with E-state index in [2.05, 4.69) is 45.7 Å². The number of rotatable bonds is 3. The summed E-state index contributed by atoms with van der Waals surface area (Å²) in [5, 5.41) is 0. The van der Waals surface area contributed by atoms with E-state index in [-0.39, 0.29) is 23.2 Å². The minimum absolute atomic E-state index is 0.00699. The zero-order chi connectivity index (χ0) is 10.9. The summed E-state index contributed by atoms with van der Waals surface area (Å²) in [4.78, 5) is 11.5. The van der Waals surface area contributed by atoms with Crippen LogP contribution < -0.4 is 0 Å². The SMILES string of the molecule is CCOC(=O)[C@H]1[C@H](C=C(Br)Br)C1(C)C. The molecular formula is C10H14Br2O2. The fourth-order valence-corrected chi connectivity index (χ4v) is 2.38. The maximum absolute atomic E-state index is 11.5. The van der Waals surface area contributed by atoms with E-state index in [0.29, 0.717) is 6.61 Å². The molecule has 0 aromatic rings. The molecule has 2 nitrogen and oxygen atoms in total. The van der Waals surface area contributed by atoms with Crippen LogP contribution in [0.2, 0.25) is 0 Å². The molecule has 2 atom stereocenters. The lowest BCUT2D eigenvalue weighted by atomic mass is 10.1. The van der Waals surface area contributed by atoms with Gasteiger partial charge in [-0.05, 0) is 50.1 Å². The summed E-state index contributed by atoms with van der Waals surface area (Å²) in [6.07, 6.45) is 2.02. The number of carbonyl (C=O) groups is 1. The molecule has 0 aliphatic heterocycles. The second kappa shape index (κ2) is 4.35. The largest absolute Gasteiger partial charge is 0.466 e. The van der Waals surface area contributed by atoms with Crippen molar-refractivity contribution in [3.8, 4) is 0 Å². The van der Waals surface area contributed by atoms with Gasteiger partial charge in [-0.2, -0.15) is 0 Å². The Hall–Kier alpha value is 0.170. The Morgan fingerprint density at radius 3 is 2.50 bits per heavy atom. The van der Waals surface area contributed by atoms with E-state index in [1.165, 1.54) is 0 Å². The molecule has 1 fully saturated rings. The monoisotopic (exact) mass is 324 g/mol. The molecule has 0 amide bonds. The topological polar surface area (TPSA) is 26.3 Å². The summed E-state index contributed by atoms with van der Waals surface area (Å²) in [6.45, 7) is 6.45. The number of hydrogen-bond acceptors (Lipinski definition) is 2. The number of esters is 1. The third-order valence-corrected chi connectivity index (χ3v) is 3.29. The van der Waals surface area contributed by atoms with Crippen LogP contribution in [0.5, 0.6) is 0 Å². The maximum Gasteiger partial charge on any atom is 0.310 e. The van der Waals surface area contributed by atoms with Crippen molar-refractivity contribution in [2.24, 2.45) is 17.3 Å². The van der Waals surface area contributed by atoms with Crippen molar-refractivity contribution in [3.63, 3.8) is 0 Å². The van der Waals surface area contributed by atoms with Crippen LogP contribution in [0, 0.1) is 17.3 Å². The summed E-state index contributed by atoms with van der Waals surface area (Å²) < 4.78 is 5.91. The van der Waals surface area contributed by atoms with Crippen molar-refractivity contribution in [1.82, 2.24) is 0 Å². The van der Waals surface area contributed by atoms with E-state index in [1.54, 1.807) is 0 Å². The number of halogens is 2. The normalized spacial score (nSPS) is 28.1. The lowest BCUT2D eigenvalue weighted by molar-refractivity contribution is -0.145. The van der Waals surface area contributed by atoms with Crippen molar-refractivity contribution >= 4 is 37.8 Å². The Balaban J connectivity index is 2.66. The van der Waals surface area contributed by atoms with E-state index >= 15 is 0 Å². The molecule has 0 aromatic carbocycles. The molecule has 1 rings (SSSR count). The van der Waals surface area contributed by atoms with Gasteiger partial charge in [0, 0.05) is 0 Å². The van der Waals surface area contributed by atoms with Crippen molar-refractivity contribution in [2.75, 3.05) is 6.61 Å². The first kappa shape index (κ1) is 12.2. The third kappa shape index (κ3) is 2.40. The highest BCUT2D eigenvalue weighted by molar-refractivity contribution is 9.28. The molecule has 1 aliphatic carbocycles. The Kier molecular flexibility index (Phi) is 3.81. The van der Waals surface area contributed by atoms with Crippen LogP contribution in [-0.4, -0.2) is 12.6 Å². The number of carbonyl (C=O) groups excluding carboxylic acids is 1. The predicted molar refractivity (Wildman–Crippen MR) is 63.3 cm³/mol. The number of allylic oxidation sites excluding steroid dienone is 1. The van der Waals surface area contributed by atoms with Gasteiger partial charge in [-0.1, -0.05) is 19.9 Å². The Morgan fingerprint density at radius 1 is 1.50 bits per heavy atom. The fraction of sp³-hybridized carbons (Fsp3) is 0.700. The van der Waals surface area contributed by atoms with Gasteiger partial charge in [0.25, 0.3) is 0 Å². The first-order chi connectivity index (χ1) is 6.41. The summed E-state index contributed by atoms with van der Waals surface area (Å²) >= 11 is 6.62.